The van der Waals surface area contributed by atoms with Crippen LogP contribution in [0, 0.1) is 0 Å². The highest BCUT2D eigenvalue weighted by atomic mass is 32.1. The third-order valence-corrected chi connectivity index (χ3v) is 9.92. The van der Waals surface area contributed by atoms with Crippen LogP contribution in [0.4, 0.5) is 11.4 Å². The molecule has 1 aliphatic carbocycles. The van der Waals surface area contributed by atoms with Gasteiger partial charge in [-0.1, -0.05) is 30.7 Å². The zero-order valence-corrected chi connectivity index (χ0v) is 24.0. The molecule has 7 heteroatoms. The molecule has 202 valence electrons. The second-order valence-electron chi connectivity index (χ2n) is 11.2. The Morgan fingerprint density at radius 3 is 2.72 bits per heavy atom. The normalized spacial score (nSPS) is 21.9. The number of nitrogens with zero attached hydrogens (tertiary/aromatic N) is 3. The topological polar surface area (TPSA) is 54.6 Å². The number of carbonyl (C=O) groups excluding carboxylic acids is 1. The van der Waals surface area contributed by atoms with Crippen LogP contribution in [0.5, 0.6) is 0 Å². The molecule has 0 radical (unpaired) electrons. The van der Waals surface area contributed by atoms with Crippen molar-refractivity contribution in [3.63, 3.8) is 0 Å². The fourth-order valence-electron chi connectivity index (χ4n) is 7.06. The number of benzene rings is 2. The molecule has 1 saturated carbocycles. The maximum Gasteiger partial charge on any atom is 0.294 e. The maximum atomic E-state index is 13.6. The first-order valence-electron chi connectivity index (χ1n) is 14.0. The fraction of sp³-hybridized carbons (Fsp3) is 0.406. The number of aromatic nitrogens is 1. The summed E-state index contributed by atoms with van der Waals surface area (Å²) < 4.78 is 10.4. The quantitative estimate of drug-likeness (QED) is 0.331. The molecule has 3 heterocycles. The van der Waals surface area contributed by atoms with Gasteiger partial charge in [0.05, 0.1) is 9.95 Å². The van der Waals surface area contributed by atoms with Crippen molar-refractivity contribution in [2.75, 3.05) is 18.0 Å². The molecule has 0 bridgehead atoms. The molecule has 2 unspecified atom stereocenters. The minimum absolute atomic E-state index is 0.106. The van der Waals surface area contributed by atoms with Gasteiger partial charge in [-0.2, -0.15) is 4.58 Å². The lowest BCUT2D eigenvalue weighted by atomic mass is 9.81. The Morgan fingerprint density at radius 1 is 1.13 bits per heavy atom. The fourth-order valence-corrected chi connectivity index (χ4v) is 8.10. The molecule has 0 spiro atoms. The van der Waals surface area contributed by atoms with Crippen molar-refractivity contribution in [2.24, 2.45) is 0 Å². The Balaban J connectivity index is 1.49. The average Bonchev–Trinajstić information content (AvgIpc) is 3.65. The number of hydrogen-bond donors (Lipinski definition) is 0. The number of hydrogen-bond acceptors (Lipinski definition) is 5. The van der Waals surface area contributed by atoms with E-state index >= 15 is 0 Å². The van der Waals surface area contributed by atoms with Crippen molar-refractivity contribution in [2.45, 2.75) is 71.1 Å². The van der Waals surface area contributed by atoms with Gasteiger partial charge in [0.2, 0.25) is 5.69 Å². The van der Waals surface area contributed by atoms with Crippen LogP contribution in [-0.4, -0.2) is 40.5 Å². The van der Waals surface area contributed by atoms with Gasteiger partial charge >= 0.3 is 0 Å². The summed E-state index contributed by atoms with van der Waals surface area (Å²) in [7, 11) is 0. The van der Waals surface area contributed by atoms with Crippen molar-refractivity contribution >= 4 is 47.0 Å². The van der Waals surface area contributed by atoms with Gasteiger partial charge in [-0.05, 0) is 69.9 Å². The molecular weight excluding hydrogens is 506 g/mol. The summed E-state index contributed by atoms with van der Waals surface area (Å²) in [6.45, 7) is 11.0. The van der Waals surface area contributed by atoms with Crippen LogP contribution in [0.3, 0.4) is 0 Å². The van der Waals surface area contributed by atoms with Crippen molar-refractivity contribution in [3.05, 3.63) is 78.7 Å². The van der Waals surface area contributed by atoms with Gasteiger partial charge in [0.25, 0.3) is 12.0 Å². The summed E-state index contributed by atoms with van der Waals surface area (Å²) in [5, 5.41) is 0. The van der Waals surface area contributed by atoms with Crippen LogP contribution < -0.4 is 19.7 Å². The Morgan fingerprint density at radius 2 is 1.95 bits per heavy atom. The van der Waals surface area contributed by atoms with E-state index in [0.717, 1.165) is 29.0 Å². The van der Waals surface area contributed by atoms with Crippen molar-refractivity contribution in [1.82, 2.24) is 4.57 Å². The highest BCUT2D eigenvalue weighted by molar-refractivity contribution is 7.07. The third-order valence-electron chi connectivity index (χ3n) is 8.86. The number of para-hydroxylation sites is 1. The molecule has 0 saturated heterocycles. The minimum Gasteiger partial charge on any atom is -0.446 e. The molecule has 2 aromatic carbocycles. The van der Waals surface area contributed by atoms with Gasteiger partial charge in [-0.15, -0.1) is 11.3 Å². The second kappa shape index (κ2) is 9.94. The van der Waals surface area contributed by atoms with E-state index in [4.69, 9.17) is 4.74 Å². The summed E-state index contributed by atoms with van der Waals surface area (Å²) in [5.41, 5.74) is 7.03. The highest BCUT2D eigenvalue weighted by Crippen LogP contribution is 2.49. The van der Waals surface area contributed by atoms with E-state index in [0.29, 0.717) is 23.0 Å². The van der Waals surface area contributed by atoms with E-state index in [1.54, 1.807) is 4.57 Å². The summed E-state index contributed by atoms with van der Waals surface area (Å²) in [5.74, 6) is 0.584. The molecule has 0 amide bonds. The van der Waals surface area contributed by atoms with Crippen LogP contribution in [-0.2, 0) is 21.7 Å². The lowest BCUT2D eigenvalue weighted by Crippen LogP contribution is -2.34. The number of thiazole rings is 1. The highest BCUT2D eigenvalue weighted by Gasteiger charge is 2.44. The molecule has 3 aromatic rings. The Bertz CT molecular complexity index is 1660. The smallest absolute Gasteiger partial charge is 0.294 e. The van der Waals surface area contributed by atoms with E-state index in [1.807, 2.05) is 6.08 Å². The van der Waals surface area contributed by atoms with Gasteiger partial charge in [0.15, 0.2) is 12.4 Å². The maximum absolute atomic E-state index is 13.6. The van der Waals surface area contributed by atoms with Gasteiger partial charge in [0.1, 0.15) is 11.2 Å². The lowest BCUT2D eigenvalue weighted by Gasteiger charge is -2.25. The van der Waals surface area contributed by atoms with Crippen molar-refractivity contribution in [3.8, 4) is 0 Å². The van der Waals surface area contributed by atoms with Gasteiger partial charge in [0, 0.05) is 41.9 Å². The predicted octanol–water partition coefficient (Wildman–Crippen LogP) is 4.22. The van der Waals surface area contributed by atoms with Gasteiger partial charge in [-0.25, -0.2) is 0 Å². The summed E-state index contributed by atoms with van der Waals surface area (Å²) in [6.07, 6.45) is 7.86. The predicted molar refractivity (Wildman–Crippen MR) is 158 cm³/mol. The molecule has 3 aliphatic rings. The zero-order chi connectivity index (χ0) is 27.3. The molecule has 1 fully saturated rings. The molecule has 6 rings (SSSR count). The first-order valence-corrected chi connectivity index (χ1v) is 14.8. The van der Waals surface area contributed by atoms with Crippen LogP contribution in [0.25, 0.3) is 12.2 Å². The van der Waals surface area contributed by atoms with E-state index in [2.05, 4.69) is 85.7 Å². The first kappa shape index (κ1) is 25.8. The Hall–Kier alpha value is -3.45. The van der Waals surface area contributed by atoms with Gasteiger partial charge < -0.3 is 9.64 Å². The van der Waals surface area contributed by atoms with Crippen LogP contribution in [0.15, 0.2) is 47.3 Å². The van der Waals surface area contributed by atoms with Crippen LogP contribution in [0.1, 0.15) is 69.6 Å². The molecule has 2 aliphatic heterocycles. The van der Waals surface area contributed by atoms with Crippen molar-refractivity contribution < 1.29 is 14.1 Å². The summed E-state index contributed by atoms with van der Waals surface area (Å²) >= 11 is 1.45. The number of anilines is 1. The Labute approximate surface area is 233 Å². The van der Waals surface area contributed by atoms with E-state index in [1.165, 1.54) is 53.1 Å². The van der Waals surface area contributed by atoms with E-state index in [-0.39, 0.29) is 17.7 Å². The van der Waals surface area contributed by atoms with Gasteiger partial charge in [-0.3, -0.25) is 14.2 Å². The third kappa shape index (κ3) is 4.09. The largest absolute Gasteiger partial charge is 0.446 e. The zero-order valence-electron chi connectivity index (χ0n) is 23.1. The molecule has 39 heavy (non-hydrogen) atoms. The number of likely N-dealkylation sites (N-methyl/N-ethyl adjacent to an activating group) is 1. The number of rotatable bonds is 7. The van der Waals surface area contributed by atoms with E-state index in [9.17, 15) is 9.59 Å². The molecule has 1 aromatic heterocycles. The molecule has 6 nitrogen and oxygen atoms in total. The van der Waals surface area contributed by atoms with Crippen LogP contribution >= 0.6 is 11.3 Å². The number of ether oxygens (including phenoxy) is 1. The molecular formula is C32H36N3O3S+. The first-order chi connectivity index (χ1) is 18.9. The lowest BCUT2D eigenvalue weighted by molar-refractivity contribution is -0.432. The van der Waals surface area contributed by atoms with Crippen LogP contribution in [0.2, 0.25) is 0 Å². The monoisotopic (exact) mass is 542 g/mol. The van der Waals surface area contributed by atoms with E-state index < -0.39 is 0 Å². The Kier molecular flexibility index (Phi) is 6.58. The van der Waals surface area contributed by atoms with Crippen molar-refractivity contribution in [1.29, 1.82) is 0 Å². The second-order valence-corrected chi connectivity index (χ2v) is 12.3. The SMILES string of the molecule is CCN1c2ccc(/C=c3/s/c(=C\C4=[N+](CC)c5ccccc5C4(C)C)n(COC=O)c3=O)cc2C2CCCC21. The summed E-state index contributed by atoms with van der Waals surface area (Å²) in [6, 6.07) is 15.7. The average molecular weight is 543 g/mol. The molecule has 2 atom stereocenters. The summed E-state index contributed by atoms with van der Waals surface area (Å²) in [4.78, 5) is 27.2. The molecule has 0 N–H and O–H groups in total. The number of fused-ring (bicyclic) bond motifs is 4. The minimum atomic E-state index is -0.226. The standard InChI is InChI=1S/C32H36N3O3S/c1-5-33-25-13-9-10-22(25)23-16-21(14-15-26(23)33)17-28-31(37)35(19-38-20-36)30(39-28)18-29-32(3,4)24-11-7-8-12-27(24)34(29)6-2/h7-8,11-12,14-18,20,22,25H,5-6,9-10,13,19H2,1-4H3/q+1/b28-17+. The number of carbonyl (C=O) groups is 1.